The molecule has 0 heterocycles. The normalized spacial score (nSPS) is 11.9. The molecule has 0 fully saturated rings. The van der Waals surface area contributed by atoms with Crippen molar-refractivity contribution in [2.45, 2.75) is 33.2 Å². The van der Waals surface area contributed by atoms with Crippen molar-refractivity contribution in [1.82, 2.24) is 10.2 Å². The summed E-state index contributed by atoms with van der Waals surface area (Å²) in [6.45, 7) is 7.82. The number of methoxy groups -OCH3 is 1. The van der Waals surface area contributed by atoms with Gasteiger partial charge in [0, 0.05) is 22.7 Å². The second-order valence-electron chi connectivity index (χ2n) is 6.82. The summed E-state index contributed by atoms with van der Waals surface area (Å²) in [4.78, 5) is 26.6. The molecule has 1 N–H and O–H groups in total. The van der Waals surface area contributed by atoms with Crippen LogP contribution in [0.1, 0.15) is 48.3 Å². The molecule has 0 saturated heterocycles. The second-order valence-corrected chi connectivity index (χ2v) is 7.23. The van der Waals surface area contributed by atoms with Crippen molar-refractivity contribution >= 4 is 23.3 Å². The lowest BCUT2D eigenvalue weighted by Crippen LogP contribution is -2.38. The van der Waals surface area contributed by atoms with E-state index in [1.54, 1.807) is 25.3 Å². The van der Waals surface area contributed by atoms with Crippen molar-refractivity contribution in [1.29, 1.82) is 0 Å². The van der Waals surface area contributed by atoms with E-state index in [1.807, 2.05) is 24.3 Å². The third-order valence-electron chi connectivity index (χ3n) is 5.05. The molecule has 0 aromatic heterocycles. The minimum Gasteiger partial charge on any atom is -0.496 e. The van der Waals surface area contributed by atoms with Crippen molar-refractivity contribution in [3.05, 3.63) is 64.2 Å². The molecule has 2 rings (SSSR count). The molecule has 0 saturated carbocycles. The number of ketones is 1. The molecule has 1 amide bonds. The third-order valence-corrected chi connectivity index (χ3v) is 5.39. The standard InChI is InChI=1S/C23H29ClN2O3/c1-5-26(6-2)21(19-9-7-8-10-20(19)24)15-25-23(28)14-18-13-17(16(3)27)11-12-22(18)29-4/h7-13,21H,5-6,14-15H2,1-4H3,(H,25,28). The number of hydrogen-bond acceptors (Lipinski definition) is 4. The topological polar surface area (TPSA) is 58.6 Å². The zero-order valence-corrected chi connectivity index (χ0v) is 18.3. The molecule has 1 unspecified atom stereocenters. The number of amides is 1. The van der Waals surface area contributed by atoms with Gasteiger partial charge >= 0.3 is 0 Å². The first-order chi connectivity index (χ1) is 13.9. The van der Waals surface area contributed by atoms with Crippen LogP contribution in [-0.4, -0.2) is 43.3 Å². The van der Waals surface area contributed by atoms with Crippen LogP contribution in [-0.2, 0) is 11.2 Å². The van der Waals surface area contributed by atoms with Gasteiger partial charge < -0.3 is 10.1 Å². The Balaban J connectivity index is 2.16. The number of nitrogens with one attached hydrogen (secondary N) is 1. The maximum Gasteiger partial charge on any atom is 0.224 e. The summed E-state index contributed by atoms with van der Waals surface area (Å²) in [5, 5.41) is 3.72. The molecule has 156 valence electrons. The maximum absolute atomic E-state index is 12.7. The number of benzene rings is 2. The molecule has 0 aliphatic carbocycles. The van der Waals surface area contributed by atoms with E-state index in [0.717, 1.165) is 18.7 Å². The van der Waals surface area contributed by atoms with Gasteiger partial charge in [-0.25, -0.2) is 0 Å². The quantitative estimate of drug-likeness (QED) is 0.587. The van der Waals surface area contributed by atoms with E-state index in [2.05, 4.69) is 24.1 Å². The monoisotopic (exact) mass is 416 g/mol. The number of Topliss-reactive ketones (excluding diaryl/α,β-unsaturated/α-hetero) is 1. The predicted molar refractivity (Wildman–Crippen MR) is 117 cm³/mol. The lowest BCUT2D eigenvalue weighted by molar-refractivity contribution is -0.120. The molecule has 5 nitrogen and oxygen atoms in total. The number of ether oxygens (including phenoxy) is 1. The molecular weight excluding hydrogens is 388 g/mol. The molecule has 2 aromatic carbocycles. The first-order valence-electron chi connectivity index (χ1n) is 9.84. The van der Waals surface area contributed by atoms with E-state index in [4.69, 9.17) is 16.3 Å². The Kier molecular flexibility index (Phi) is 8.68. The zero-order chi connectivity index (χ0) is 21.4. The summed E-state index contributed by atoms with van der Waals surface area (Å²) in [7, 11) is 1.55. The van der Waals surface area contributed by atoms with E-state index < -0.39 is 0 Å². The van der Waals surface area contributed by atoms with Gasteiger partial charge in [0.15, 0.2) is 5.78 Å². The van der Waals surface area contributed by atoms with Crippen LogP contribution in [0.3, 0.4) is 0 Å². The highest BCUT2D eigenvalue weighted by Crippen LogP contribution is 2.27. The van der Waals surface area contributed by atoms with Gasteiger partial charge in [-0.15, -0.1) is 0 Å². The number of carbonyl (C=O) groups excluding carboxylic acids is 2. The van der Waals surface area contributed by atoms with Gasteiger partial charge in [-0.2, -0.15) is 0 Å². The summed E-state index contributed by atoms with van der Waals surface area (Å²) in [5.74, 6) is 0.416. The van der Waals surface area contributed by atoms with Crippen LogP contribution in [0.2, 0.25) is 5.02 Å². The second kappa shape index (κ2) is 11.0. The van der Waals surface area contributed by atoms with Crippen LogP contribution in [0.15, 0.2) is 42.5 Å². The highest BCUT2D eigenvalue weighted by Gasteiger charge is 2.21. The van der Waals surface area contributed by atoms with Crippen molar-refractivity contribution in [2.75, 3.05) is 26.7 Å². The smallest absolute Gasteiger partial charge is 0.224 e. The molecule has 29 heavy (non-hydrogen) atoms. The van der Waals surface area contributed by atoms with Crippen molar-refractivity contribution in [2.24, 2.45) is 0 Å². The molecule has 2 aromatic rings. The summed E-state index contributed by atoms with van der Waals surface area (Å²) in [6, 6.07) is 12.8. The minimum absolute atomic E-state index is 0.0203. The van der Waals surface area contributed by atoms with Crippen LogP contribution < -0.4 is 10.1 Å². The third kappa shape index (κ3) is 6.05. The minimum atomic E-state index is -0.131. The van der Waals surface area contributed by atoms with Gasteiger partial charge in [-0.1, -0.05) is 43.6 Å². The number of hydrogen-bond donors (Lipinski definition) is 1. The Labute approximate surface area is 178 Å². The predicted octanol–water partition coefficient (Wildman–Crippen LogP) is 4.29. The number of carbonyl (C=O) groups is 2. The van der Waals surface area contributed by atoms with E-state index in [-0.39, 0.29) is 24.2 Å². The van der Waals surface area contributed by atoms with E-state index >= 15 is 0 Å². The largest absolute Gasteiger partial charge is 0.496 e. The lowest BCUT2D eigenvalue weighted by atomic mass is 10.0. The van der Waals surface area contributed by atoms with Gasteiger partial charge in [0.2, 0.25) is 5.91 Å². The van der Waals surface area contributed by atoms with E-state index in [1.165, 1.54) is 6.92 Å². The zero-order valence-electron chi connectivity index (χ0n) is 17.5. The van der Waals surface area contributed by atoms with Gasteiger partial charge in [-0.3, -0.25) is 14.5 Å². The van der Waals surface area contributed by atoms with Crippen LogP contribution >= 0.6 is 11.6 Å². The molecule has 1 atom stereocenters. The van der Waals surface area contributed by atoms with E-state index in [9.17, 15) is 9.59 Å². The number of nitrogens with zero attached hydrogens (tertiary/aromatic N) is 1. The fourth-order valence-electron chi connectivity index (χ4n) is 3.43. The number of halogens is 1. The average Bonchev–Trinajstić information content (AvgIpc) is 2.71. The highest BCUT2D eigenvalue weighted by molar-refractivity contribution is 6.31. The Hall–Kier alpha value is -2.37. The summed E-state index contributed by atoms with van der Waals surface area (Å²) in [5.41, 5.74) is 2.25. The molecule has 0 bridgehead atoms. The van der Waals surface area contributed by atoms with Crippen LogP contribution in [0.5, 0.6) is 5.75 Å². The van der Waals surface area contributed by atoms with Gasteiger partial charge in [-0.05, 0) is 49.8 Å². The Morgan fingerprint density at radius 2 is 1.83 bits per heavy atom. The average molecular weight is 417 g/mol. The maximum atomic E-state index is 12.7. The Morgan fingerprint density at radius 3 is 2.41 bits per heavy atom. The van der Waals surface area contributed by atoms with Crippen molar-refractivity contribution in [3.63, 3.8) is 0 Å². The van der Waals surface area contributed by atoms with Gasteiger partial charge in [0.25, 0.3) is 0 Å². The summed E-state index contributed by atoms with van der Waals surface area (Å²) >= 11 is 6.42. The Morgan fingerprint density at radius 1 is 1.14 bits per heavy atom. The fourth-order valence-corrected chi connectivity index (χ4v) is 3.69. The van der Waals surface area contributed by atoms with Crippen LogP contribution in [0.4, 0.5) is 0 Å². The molecule has 6 heteroatoms. The molecule has 0 aliphatic heterocycles. The lowest BCUT2D eigenvalue weighted by Gasteiger charge is -2.31. The van der Waals surface area contributed by atoms with Gasteiger partial charge in [0.1, 0.15) is 5.75 Å². The Bertz CT molecular complexity index is 850. The molecular formula is C23H29ClN2O3. The fraction of sp³-hybridized carbons (Fsp3) is 0.391. The van der Waals surface area contributed by atoms with E-state index in [0.29, 0.717) is 28.4 Å². The molecule has 0 spiro atoms. The SMILES string of the molecule is CCN(CC)C(CNC(=O)Cc1cc(C(C)=O)ccc1OC)c1ccccc1Cl. The first kappa shape index (κ1) is 22.9. The van der Waals surface area contributed by atoms with Crippen LogP contribution in [0, 0.1) is 0 Å². The number of likely N-dealkylation sites (N-methyl/N-ethyl adjacent to an activating group) is 1. The van der Waals surface area contributed by atoms with Crippen LogP contribution in [0.25, 0.3) is 0 Å². The molecule has 0 radical (unpaired) electrons. The number of rotatable bonds is 10. The van der Waals surface area contributed by atoms with Crippen molar-refractivity contribution < 1.29 is 14.3 Å². The van der Waals surface area contributed by atoms with Crippen molar-refractivity contribution in [3.8, 4) is 5.75 Å². The molecule has 0 aliphatic rings. The highest BCUT2D eigenvalue weighted by atomic mass is 35.5. The summed E-state index contributed by atoms with van der Waals surface area (Å²) in [6.07, 6.45) is 0.137. The van der Waals surface area contributed by atoms with Gasteiger partial charge in [0.05, 0.1) is 19.6 Å². The first-order valence-corrected chi connectivity index (χ1v) is 10.2. The summed E-state index contributed by atoms with van der Waals surface area (Å²) < 4.78 is 5.35.